The van der Waals surface area contributed by atoms with Gasteiger partial charge in [-0.05, 0) is 47.1 Å². The maximum Gasteiger partial charge on any atom is 0.196 e. The number of halogens is 1. The zero-order valence-electron chi connectivity index (χ0n) is 15.2. The molecule has 146 valence electrons. The second-order valence-electron chi connectivity index (χ2n) is 6.02. The quantitative estimate of drug-likeness (QED) is 0.399. The van der Waals surface area contributed by atoms with Crippen molar-refractivity contribution in [2.75, 3.05) is 5.75 Å². The SMILES string of the molecule is Cc1c(-c2nnc(SCC(=O)[O-])n2-c2ccccc2Br)nnn1-c1ccccc1. The summed E-state index contributed by atoms with van der Waals surface area (Å²) in [6.45, 7) is 1.90. The topological polar surface area (TPSA) is 102 Å². The summed E-state index contributed by atoms with van der Waals surface area (Å²) < 4.78 is 4.30. The Labute approximate surface area is 178 Å². The molecule has 0 saturated heterocycles. The van der Waals surface area contributed by atoms with E-state index >= 15 is 0 Å². The van der Waals surface area contributed by atoms with E-state index in [9.17, 15) is 9.90 Å². The highest BCUT2D eigenvalue weighted by molar-refractivity contribution is 9.10. The standard InChI is InChI=1S/C19H15BrN6O2S/c1-12-17(21-24-26(12)13-7-3-2-4-8-13)18-22-23-19(29-11-16(27)28)25(18)15-10-6-5-9-14(15)20/h2-10H,11H2,1H3,(H,27,28)/p-1. The van der Waals surface area contributed by atoms with Gasteiger partial charge >= 0.3 is 0 Å². The van der Waals surface area contributed by atoms with Gasteiger partial charge in [-0.1, -0.05) is 47.3 Å². The minimum atomic E-state index is -1.18. The van der Waals surface area contributed by atoms with Crippen LogP contribution in [0.4, 0.5) is 0 Å². The summed E-state index contributed by atoms with van der Waals surface area (Å²) in [6.07, 6.45) is 0. The fraction of sp³-hybridized carbons (Fsp3) is 0.105. The van der Waals surface area contributed by atoms with E-state index < -0.39 is 5.97 Å². The van der Waals surface area contributed by atoms with Crippen LogP contribution in [0.2, 0.25) is 0 Å². The van der Waals surface area contributed by atoms with Crippen LogP contribution in [0.25, 0.3) is 22.9 Å². The number of nitrogens with zero attached hydrogens (tertiary/aromatic N) is 6. The zero-order valence-corrected chi connectivity index (χ0v) is 17.6. The van der Waals surface area contributed by atoms with Crippen molar-refractivity contribution in [2.24, 2.45) is 0 Å². The lowest BCUT2D eigenvalue weighted by molar-refractivity contribution is -0.301. The zero-order chi connectivity index (χ0) is 20.4. The van der Waals surface area contributed by atoms with Crippen LogP contribution in [-0.4, -0.2) is 41.5 Å². The van der Waals surface area contributed by atoms with Crippen LogP contribution in [0.5, 0.6) is 0 Å². The van der Waals surface area contributed by atoms with E-state index in [4.69, 9.17) is 0 Å². The van der Waals surface area contributed by atoms with Crippen molar-refractivity contribution in [1.29, 1.82) is 0 Å². The highest BCUT2D eigenvalue weighted by Crippen LogP contribution is 2.32. The highest BCUT2D eigenvalue weighted by Gasteiger charge is 2.23. The molecule has 0 aliphatic heterocycles. The van der Waals surface area contributed by atoms with Crippen molar-refractivity contribution in [3.05, 3.63) is 64.8 Å². The third kappa shape index (κ3) is 3.81. The number of benzene rings is 2. The Kier molecular flexibility index (Phi) is 5.45. The maximum absolute atomic E-state index is 11.0. The highest BCUT2D eigenvalue weighted by atomic mass is 79.9. The van der Waals surface area contributed by atoms with Gasteiger partial charge in [-0.2, -0.15) is 0 Å². The van der Waals surface area contributed by atoms with Crippen LogP contribution in [0.3, 0.4) is 0 Å². The molecule has 2 heterocycles. The molecule has 29 heavy (non-hydrogen) atoms. The van der Waals surface area contributed by atoms with E-state index in [1.807, 2.05) is 61.5 Å². The molecule has 0 aliphatic rings. The van der Waals surface area contributed by atoms with Crippen LogP contribution < -0.4 is 5.11 Å². The van der Waals surface area contributed by atoms with Gasteiger partial charge in [0.15, 0.2) is 16.7 Å². The van der Waals surface area contributed by atoms with Gasteiger partial charge in [0.25, 0.3) is 0 Å². The van der Waals surface area contributed by atoms with E-state index in [-0.39, 0.29) is 5.75 Å². The molecule has 8 nitrogen and oxygen atoms in total. The van der Waals surface area contributed by atoms with E-state index in [0.717, 1.165) is 33.3 Å². The number of hydrogen-bond acceptors (Lipinski definition) is 7. The number of aliphatic carboxylic acids is 1. The van der Waals surface area contributed by atoms with Crippen LogP contribution in [0.1, 0.15) is 5.69 Å². The van der Waals surface area contributed by atoms with Gasteiger partial charge in [0.05, 0.1) is 23.0 Å². The Hall–Kier alpha value is -2.98. The molecule has 4 rings (SSSR count). The fourth-order valence-corrected chi connectivity index (χ4v) is 3.96. The number of carbonyl (C=O) groups excluding carboxylic acids is 1. The Morgan fingerprint density at radius 1 is 1.07 bits per heavy atom. The van der Waals surface area contributed by atoms with Crippen LogP contribution in [0.15, 0.2) is 64.2 Å². The van der Waals surface area contributed by atoms with Crippen molar-refractivity contribution in [2.45, 2.75) is 12.1 Å². The van der Waals surface area contributed by atoms with E-state index in [0.29, 0.717) is 16.7 Å². The molecule has 0 bridgehead atoms. The predicted molar refractivity (Wildman–Crippen MR) is 110 cm³/mol. The smallest absolute Gasteiger partial charge is 0.196 e. The first-order valence-electron chi connectivity index (χ1n) is 8.57. The van der Waals surface area contributed by atoms with Crippen LogP contribution in [-0.2, 0) is 4.79 Å². The molecule has 0 saturated carbocycles. The Bertz CT molecular complexity index is 1170. The van der Waals surface area contributed by atoms with Gasteiger partial charge in [-0.25, -0.2) is 4.68 Å². The summed E-state index contributed by atoms with van der Waals surface area (Å²) in [5.74, 6) is -0.944. The van der Waals surface area contributed by atoms with Crippen molar-refractivity contribution in [3.8, 4) is 22.9 Å². The number of carboxylic acid groups (broad SMARTS) is 1. The molecule has 0 atom stereocenters. The van der Waals surface area contributed by atoms with Crippen LogP contribution in [0, 0.1) is 6.92 Å². The second kappa shape index (κ2) is 8.18. The van der Waals surface area contributed by atoms with Gasteiger partial charge < -0.3 is 9.90 Å². The number of carbonyl (C=O) groups is 1. The molecular formula is C19H14BrN6O2S-. The second-order valence-corrected chi connectivity index (χ2v) is 7.82. The minimum absolute atomic E-state index is 0.238. The molecular weight excluding hydrogens is 456 g/mol. The average molecular weight is 470 g/mol. The van der Waals surface area contributed by atoms with Gasteiger partial charge in [-0.3, -0.25) is 4.57 Å². The largest absolute Gasteiger partial charge is 0.549 e. The van der Waals surface area contributed by atoms with Gasteiger partial charge in [0, 0.05) is 10.2 Å². The van der Waals surface area contributed by atoms with Gasteiger partial charge in [0.2, 0.25) is 0 Å². The summed E-state index contributed by atoms with van der Waals surface area (Å²) in [7, 11) is 0. The molecule has 4 aromatic rings. The summed E-state index contributed by atoms with van der Waals surface area (Å²) in [6, 6.07) is 17.2. The lowest BCUT2D eigenvalue weighted by atomic mass is 10.2. The Balaban J connectivity index is 1.86. The van der Waals surface area contributed by atoms with Crippen molar-refractivity contribution in [3.63, 3.8) is 0 Å². The van der Waals surface area contributed by atoms with Crippen molar-refractivity contribution < 1.29 is 9.90 Å². The summed E-state index contributed by atoms with van der Waals surface area (Å²) in [5, 5.41) is 28.4. The number of thioether (sulfide) groups is 1. The molecule has 0 radical (unpaired) electrons. The predicted octanol–water partition coefficient (Wildman–Crippen LogP) is 2.43. The van der Waals surface area contributed by atoms with E-state index in [1.54, 1.807) is 9.25 Å². The van der Waals surface area contributed by atoms with Crippen molar-refractivity contribution in [1.82, 2.24) is 29.8 Å². The summed E-state index contributed by atoms with van der Waals surface area (Å²) >= 11 is 4.58. The van der Waals surface area contributed by atoms with Gasteiger partial charge in [-0.15, -0.1) is 15.3 Å². The first-order valence-corrected chi connectivity index (χ1v) is 10.3. The molecule has 10 heteroatoms. The molecule has 2 aromatic heterocycles. The number of carboxylic acids is 1. The molecule has 0 N–H and O–H groups in total. The first kappa shape index (κ1) is 19.3. The molecule has 0 unspecified atom stereocenters. The Morgan fingerprint density at radius 3 is 2.52 bits per heavy atom. The van der Waals surface area contributed by atoms with E-state index in [2.05, 4.69) is 36.4 Å². The molecule has 0 aliphatic carbocycles. The van der Waals surface area contributed by atoms with Gasteiger partial charge in [0.1, 0.15) is 0 Å². The van der Waals surface area contributed by atoms with E-state index in [1.165, 1.54) is 0 Å². The molecule has 0 fully saturated rings. The van der Waals surface area contributed by atoms with Crippen LogP contribution >= 0.6 is 27.7 Å². The monoisotopic (exact) mass is 469 g/mol. The summed E-state index contributed by atoms with van der Waals surface area (Å²) in [5.41, 5.74) is 2.98. The number of rotatable bonds is 6. The lowest BCUT2D eigenvalue weighted by Gasteiger charge is -2.11. The Morgan fingerprint density at radius 2 is 1.79 bits per heavy atom. The average Bonchev–Trinajstić information content (AvgIpc) is 3.30. The molecule has 0 amide bonds. The third-order valence-electron chi connectivity index (χ3n) is 4.15. The number of aromatic nitrogens is 6. The third-order valence-corrected chi connectivity index (χ3v) is 5.73. The number of para-hydroxylation sites is 2. The first-order chi connectivity index (χ1) is 14.1. The number of hydrogen-bond donors (Lipinski definition) is 0. The summed E-state index contributed by atoms with van der Waals surface area (Å²) in [4.78, 5) is 11.0. The lowest BCUT2D eigenvalue weighted by Crippen LogP contribution is -2.24. The van der Waals surface area contributed by atoms with Crippen molar-refractivity contribution >= 4 is 33.7 Å². The normalized spacial score (nSPS) is 11.0. The molecule has 2 aromatic carbocycles. The molecule has 0 spiro atoms. The fourth-order valence-electron chi connectivity index (χ4n) is 2.84. The minimum Gasteiger partial charge on any atom is -0.549 e. The maximum atomic E-state index is 11.0.